The van der Waals surface area contributed by atoms with Crippen molar-refractivity contribution in [3.05, 3.63) is 66.7 Å². The Morgan fingerprint density at radius 1 is 0.833 bits per heavy atom. The minimum Gasteiger partial charge on any atom is -0.433 e. The number of rotatable bonds is 4. The highest BCUT2D eigenvalue weighted by Crippen LogP contribution is 2.27. The highest BCUT2D eigenvalue weighted by molar-refractivity contribution is 7.80. The molecule has 3 aromatic carbocycles. The van der Waals surface area contributed by atoms with Crippen LogP contribution in [0.25, 0.3) is 10.8 Å². The molecule has 0 bridgehead atoms. The third-order valence-electron chi connectivity index (χ3n) is 3.39. The topological polar surface area (TPSA) is 33.3 Å². The van der Waals surface area contributed by atoms with Crippen LogP contribution in [-0.4, -0.2) is 11.7 Å². The lowest BCUT2D eigenvalue weighted by Crippen LogP contribution is -2.20. The Labute approximate surface area is 143 Å². The molecule has 0 aliphatic heterocycles. The van der Waals surface area contributed by atoms with Crippen molar-refractivity contribution in [3.63, 3.8) is 0 Å². The van der Waals surface area contributed by atoms with E-state index in [1.54, 1.807) is 18.2 Å². The summed E-state index contributed by atoms with van der Waals surface area (Å²) in [5, 5.41) is 8.36. The Morgan fingerprint density at radius 3 is 2.29 bits per heavy atom. The van der Waals surface area contributed by atoms with Gasteiger partial charge in [0.25, 0.3) is 0 Å². The first-order valence-corrected chi connectivity index (χ1v) is 7.64. The van der Waals surface area contributed by atoms with E-state index in [4.69, 9.17) is 12.2 Å². The number of ether oxygens (including phenoxy) is 1. The highest BCUT2D eigenvalue weighted by Gasteiger charge is 2.10. The molecule has 3 aromatic rings. The summed E-state index contributed by atoms with van der Waals surface area (Å²) < 4.78 is 29.4. The molecule has 24 heavy (non-hydrogen) atoms. The molecule has 0 aliphatic rings. The first kappa shape index (κ1) is 16.1. The van der Waals surface area contributed by atoms with Crippen LogP contribution in [0.3, 0.4) is 0 Å². The summed E-state index contributed by atoms with van der Waals surface area (Å²) in [7, 11) is 0. The van der Waals surface area contributed by atoms with Gasteiger partial charge in [0.2, 0.25) is 0 Å². The molecule has 0 atom stereocenters. The van der Waals surface area contributed by atoms with Crippen molar-refractivity contribution in [1.82, 2.24) is 0 Å². The highest BCUT2D eigenvalue weighted by atomic mass is 32.1. The largest absolute Gasteiger partial charge is 0.433 e. The number of fused-ring (bicyclic) bond motifs is 1. The Bertz CT molecular complexity index is 865. The van der Waals surface area contributed by atoms with Crippen LogP contribution < -0.4 is 15.4 Å². The Balaban J connectivity index is 1.79. The zero-order valence-corrected chi connectivity index (χ0v) is 13.3. The number of hydrogen-bond acceptors (Lipinski definition) is 2. The van der Waals surface area contributed by atoms with Gasteiger partial charge < -0.3 is 15.4 Å². The van der Waals surface area contributed by atoms with E-state index in [0.29, 0.717) is 5.69 Å². The van der Waals surface area contributed by atoms with Gasteiger partial charge in [-0.05, 0) is 35.8 Å². The number of halogens is 2. The van der Waals surface area contributed by atoms with Gasteiger partial charge in [-0.2, -0.15) is 8.78 Å². The van der Waals surface area contributed by atoms with Crippen LogP contribution in [0, 0.1) is 0 Å². The number of benzene rings is 3. The second-order valence-electron chi connectivity index (χ2n) is 4.98. The molecule has 3 rings (SSSR count). The van der Waals surface area contributed by atoms with E-state index >= 15 is 0 Å². The number of para-hydroxylation sites is 2. The van der Waals surface area contributed by atoms with Crippen molar-refractivity contribution >= 4 is 39.5 Å². The second-order valence-corrected chi connectivity index (χ2v) is 5.39. The quantitative estimate of drug-likeness (QED) is 0.633. The van der Waals surface area contributed by atoms with Crippen LogP contribution in [0.15, 0.2) is 66.7 Å². The van der Waals surface area contributed by atoms with E-state index in [0.717, 1.165) is 16.5 Å². The molecule has 2 N–H and O–H groups in total. The molecule has 0 fully saturated rings. The smallest absolute Gasteiger partial charge is 0.387 e. The van der Waals surface area contributed by atoms with Crippen LogP contribution >= 0.6 is 12.2 Å². The fourth-order valence-corrected chi connectivity index (χ4v) is 2.60. The first-order valence-electron chi connectivity index (χ1n) is 7.23. The summed E-state index contributed by atoms with van der Waals surface area (Å²) in [5.74, 6) is 0.0366. The van der Waals surface area contributed by atoms with Crippen molar-refractivity contribution in [3.8, 4) is 5.75 Å². The summed E-state index contributed by atoms with van der Waals surface area (Å²) in [6, 6.07) is 20.1. The maximum absolute atomic E-state index is 12.5. The Hall–Kier alpha value is -2.73. The van der Waals surface area contributed by atoms with Gasteiger partial charge in [0.15, 0.2) is 5.11 Å². The van der Waals surface area contributed by atoms with Crippen molar-refractivity contribution in [2.45, 2.75) is 6.61 Å². The lowest BCUT2D eigenvalue weighted by atomic mass is 10.1. The zero-order chi connectivity index (χ0) is 16.9. The van der Waals surface area contributed by atoms with Crippen LogP contribution in [0.5, 0.6) is 5.75 Å². The SMILES string of the molecule is FC(F)Oc1ccccc1NC(=S)Nc1cccc2ccccc12. The molecular formula is C18H14F2N2OS. The predicted molar refractivity (Wildman–Crippen MR) is 96.9 cm³/mol. The van der Waals surface area contributed by atoms with Gasteiger partial charge in [0, 0.05) is 11.1 Å². The second kappa shape index (κ2) is 7.23. The minimum atomic E-state index is -2.90. The van der Waals surface area contributed by atoms with Crippen molar-refractivity contribution in [2.24, 2.45) is 0 Å². The van der Waals surface area contributed by atoms with Gasteiger partial charge in [-0.3, -0.25) is 0 Å². The molecule has 0 amide bonds. The number of nitrogens with one attached hydrogen (secondary N) is 2. The summed E-state index contributed by atoms with van der Waals surface area (Å²) in [4.78, 5) is 0. The van der Waals surface area contributed by atoms with E-state index in [-0.39, 0.29) is 10.9 Å². The van der Waals surface area contributed by atoms with Crippen molar-refractivity contribution < 1.29 is 13.5 Å². The fourth-order valence-electron chi connectivity index (χ4n) is 2.38. The summed E-state index contributed by atoms with van der Waals surface area (Å²) in [6.45, 7) is -2.90. The van der Waals surface area contributed by atoms with E-state index < -0.39 is 6.61 Å². The predicted octanol–water partition coefficient (Wildman–Crippen LogP) is 5.25. The van der Waals surface area contributed by atoms with Gasteiger partial charge in [-0.15, -0.1) is 0 Å². The molecule has 0 spiro atoms. The van der Waals surface area contributed by atoms with Gasteiger partial charge in [0.05, 0.1) is 5.69 Å². The van der Waals surface area contributed by atoms with E-state index in [1.807, 2.05) is 42.5 Å². The Morgan fingerprint density at radius 2 is 1.46 bits per heavy atom. The average Bonchev–Trinajstić information content (AvgIpc) is 2.56. The van der Waals surface area contributed by atoms with E-state index in [1.165, 1.54) is 6.07 Å². The van der Waals surface area contributed by atoms with Crippen molar-refractivity contribution in [2.75, 3.05) is 10.6 Å². The molecule has 0 aromatic heterocycles. The standard InChI is InChI=1S/C18H14F2N2OS/c19-17(20)23-16-11-4-3-9-15(16)22-18(24)21-14-10-5-7-12-6-1-2-8-13(12)14/h1-11,17H,(H2,21,22,24). The molecule has 122 valence electrons. The zero-order valence-electron chi connectivity index (χ0n) is 12.5. The monoisotopic (exact) mass is 344 g/mol. The third kappa shape index (κ3) is 3.78. The lowest BCUT2D eigenvalue weighted by Gasteiger charge is -2.15. The normalized spacial score (nSPS) is 10.6. The third-order valence-corrected chi connectivity index (χ3v) is 3.59. The van der Waals surface area contributed by atoms with Crippen LogP contribution in [0.2, 0.25) is 0 Å². The number of alkyl halides is 2. The summed E-state index contributed by atoms with van der Waals surface area (Å²) >= 11 is 5.29. The minimum absolute atomic E-state index is 0.0366. The van der Waals surface area contributed by atoms with Crippen LogP contribution in [0.4, 0.5) is 20.2 Å². The molecule has 0 radical (unpaired) electrons. The van der Waals surface area contributed by atoms with Gasteiger partial charge >= 0.3 is 6.61 Å². The van der Waals surface area contributed by atoms with Crippen LogP contribution in [0.1, 0.15) is 0 Å². The fraction of sp³-hybridized carbons (Fsp3) is 0.0556. The number of hydrogen-bond donors (Lipinski definition) is 2. The maximum atomic E-state index is 12.5. The number of anilines is 2. The van der Waals surface area contributed by atoms with Gasteiger partial charge in [-0.25, -0.2) is 0 Å². The maximum Gasteiger partial charge on any atom is 0.387 e. The first-order chi connectivity index (χ1) is 11.6. The molecule has 0 saturated carbocycles. The number of thiocarbonyl (C=S) groups is 1. The van der Waals surface area contributed by atoms with Crippen molar-refractivity contribution in [1.29, 1.82) is 0 Å². The molecule has 0 saturated heterocycles. The molecule has 0 aliphatic carbocycles. The molecule has 6 heteroatoms. The van der Waals surface area contributed by atoms with E-state index in [9.17, 15) is 8.78 Å². The Kier molecular flexibility index (Phi) is 4.86. The van der Waals surface area contributed by atoms with E-state index in [2.05, 4.69) is 15.4 Å². The van der Waals surface area contributed by atoms with Crippen LogP contribution in [-0.2, 0) is 0 Å². The average molecular weight is 344 g/mol. The summed E-state index contributed by atoms with van der Waals surface area (Å²) in [5.41, 5.74) is 1.20. The lowest BCUT2D eigenvalue weighted by molar-refractivity contribution is -0.0493. The molecular weight excluding hydrogens is 330 g/mol. The molecule has 0 unspecified atom stereocenters. The summed E-state index contributed by atoms with van der Waals surface area (Å²) in [6.07, 6.45) is 0. The van der Waals surface area contributed by atoms with Gasteiger partial charge in [-0.1, -0.05) is 48.5 Å². The molecule has 3 nitrogen and oxygen atoms in total. The molecule has 0 heterocycles. The van der Waals surface area contributed by atoms with Gasteiger partial charge in [0.1, 0.15) is 5.75 Å².